The van der Waals surface area contributed by atoms with Crippen molar-refractivity contribution in [2.75, 3.05) is 0 Å². The molecular weight excluding hydrogens is 611 g/mol. The molecule has 0 heterocycles. The first-order chi connectivity index (χ1) is 17.3. The smallest absolute Gasteiger partial charge is 0.145 e. The van der Waals surface area contributed by atoms with Gasteiger partial charge in [0.25, 0.3) is 0 Å². The van der Waals surface area contributed by atoms with Crippen molar-refractivity contribution in [1.82, 2.24) is 0 Å². The Hall–Kier alpha value is -3.03. The van der Waals surface area contributed by atoms with Crippen LogP contribution in [0, 0.1) is 41.5 Å². The van der Waals surface area contributed by atoms with E-state index in [1.807, 2.05) is 0 Å². The van der Waals surface area contributed by atoms with Crippen LogP contribution in [-0.2, 0) is 25.8 Å². The van der Waals surface area contributed by atoms with E-state index in [4.69, 9.17) is 0 Å². The molecule has 0 saturated heterocycles. The summed E-state index contributed by atoms with van der Waals surface area (Å²) in [5.41, 5.74) is 13.3. The summed E-state index contributed by atoms with van der Waals surface area (Å²) in [6.07, 6.45) is 0. The fourth-order valence-corrected chi connectivity index (χ4v) is 4.80. The maximum absolute atomic E-state index is 2.28. The van der Waals surface area contributed by atoms with Crippen molar-refractivity contribution in [3.05, 3.63) is 130 Å². The molecule has 180 valence electrons. The monoisotopic (exact) mass is 646 g/mol. The molecule has 6 aromatic carbocycles. The Bertz CT molecular complexity index is 1450. The van der Waals surface area contributed by atoms with Crippen molar-refractivity contribution in [3.8, 4) is 22.3 Å². The van der Waals surface area contributed by atoms with Crippen molar-refractivity contribution in [1.29, 1.82) is 0 Å². The second-order valence-electron chi connectivity index (χ2n) is 10.4. The van der Waals surface area contributed by atoms with E-state index >= 15 is 0 Å². The number of hydrogen-bond donors (Lipinski definition) is 0. The molecule has 0 fully saturated rings. The first-order valence-corrected chi connectivity index (χ1v) is 12.8. The van der Waals surface area contributed by atoms with Crippen LogP contribution in [0.15, 0.2) is 97.1 Å². The van der Waals surface area contributed by atoms with Gasteiger partial charge in [-0.2, -0.15) is 0 Å². The molecule has 0 aliphatic carbocycles. The van der Waals surface area contributed by atoms with E-state index in [0.29, 0.717) is 0 Å². The van der Waals surface area contributed by atoms with Crippen LogP contribution in [0.2, 0.25) is 0 Å². The first kappa shape index (κ1) is 27.0. The first-order valence-electron chi connectivity index (χ1n) is 12.8. The van der Waals surface area contributed by atoms with Crippen molar-refractivity contribution < 1.29 is 25.8 Å². The third-order valence-corrected chi connectivity index (χ3v) is 7.41. The van der Waals surface area contributed by atoms with Crippen LogP contribution in [0.5, 0.6) is 0 Å². The molecule has 0 spiro atoms. The molecular formula is C36H34Hf+2. The summed E-state index contributed by atoms with van der Waals surface area (Å²) in [4.78, 5) is 0. The summed E-state index contributed by atoms with van der Waals surface area (Å²) in [6, 6.07) is 35.7. The third kappa shape index (κ3) is 5.94. The molecule has 0 radical (unpaired) electrons. The van der Waals surface area contributed by atoms with Crippen LogP contribution >= 0.6 is 0 Å². The van der Waals surface area contributed by atoms with E-state index in [9.17, 15) is 0 Å². The zero-order valence-electron chi connectivity index (χ0n) is 22.7. The standard InChI is InChI=1S/2C18H17.Hf/c2*1-12-4-6-15(7-5-12)18-10-16-8-13(2)14(3)9-17(16)11-18;/h2*4-11H,1-3H3;/q2*-1;+4. The zero-order chi connectivity index (χ0) is 25.4. The second-order valence-corrected chi connectivity index (χ2v) is 10.4. The summed E-state index contributed by atoms with van der Waals surface area (Å²) in [5.74, 6) is 0. The number of benzene rings is 4. The van der Waals surface area contributed by atoms with E-state index in [2.05, 4.69) is 139 Å². The van der Waals surface area contributed by atoms with Crippen LogP contribution in [0.1, 0.15) is 33.4 Å². The Morgan fingerprint density at radius 1 is 0.405 bits per heavy atom. The van der Waals surface area contributed by atoms with E-state index in [1.165, 1.54) is 77.2 Å². The van der Waals surface area contributed by atoms with Crippen molar-refractivity contribution >= 4 is 21.5 Å². The normalized spacial score (nSPS) is 10.8. The van der Waals surface area contributed by atoms with Gasteiger partial charge in [0.1, 0.15) is 0 Å². The number of fused-ring (bicyclic) bond motifs is 2. The van der Waals surface area contributed by atoms with E-state index in [1.54, 1.807) is 0 Å². The summed E-state index contributed by atoms with van der Waals surface area (Å²) in [5, 5.41) is 5.37. The van der Waals surface area contributed by atoms with Gasteiger partial charge in [-0.15, -0.1) is 69.1 Å². The predicted molar refractivity (Wildman–Crippen MR) is 158 cm³/mol. The van der Waals surface area contributed by atoms with Crippen molar-refractivity contribution in [2.45, 2.75) is 41.5 Å². The fraction of sp³-hybridized carbons (Fsp3) is 0.167. The van der Waals surface area contributed by atoms with Gasteiger partial charge < -0.3 is 0 Å². The Balaban J connectivity index is 0.000000168. The summed E-state index contributed by atoms with van der Waals surface area (Å²) in [6.45, 7) is 12.9. The number of rotatable bonds is 2. The average molecular weight is 645 g/mol. The van der Waals surface area contributed by atoms with Gasteiger partial charge in [-0.05, 0) is 41.5 Å². The molecule has 0 aliphatic rings. The largest absolute Gasteiger partial charge is 4.00 e. The zero-order valence-corrected chi connectivity index (χ0v) is 26.3. The number of aryl methyl sites for hydroxylation is 6. The molecule has 6 aromatic rings. The maximum atomic E-state index is 2.28. The Kier molecular flexibility index (Phi) is 8.14. The van der Waals surface area contributed by atoms with Gasteiger partial charge in [0.15, 0.2) is 0 Å². The molecule has 0 N–H and O–H groups in total. The molecule has 0 aliphatic heterocycles. The van der Waals surface area contributed by atoms with Gasteiger partial charge >= 0.3 is 25.8 Å². The van der Waals surface area contributed by atoms with Gasteiger partial charge in [-0.1, -0.05) is 105 Å². The Labute approximate surface area is 240 Å². The van der Waals surface area contributed by atoms with Crippen LogP contribution in [-0.4, -0.2) is 0 Å². The van der Waals surface area contributed by atoms with E-state index in [0.717, 1.165) is 0 Å². The minimum atomic E-state index is 0. The van der Waals surface area contributed by atoms with E-state index in [-0.39, 0.29) is 25.8 Å². The van der Waals surface area contributed by atoms with Crippen LogP contribution in [0.25, 0.3) is 43.8 Å². The predicted octanol–water partition coefficient (Wildman–Crippen LogP) is 10.3. The third-order valence-electron chi connectivity index (χ3n) is 7.41. The molecule has 0 saturated carbocycles. The minimum absolute atomic E-state index is 0. The van der Waals surface area contributed by atoms with Crippen LogP contribution in [0.3, 0.4) is 0 Å². The average Bonchev–Trinajstić information content (AvgIpc) is 3.45. The second kappa shape index (κ2) is 11.2. The molecule has 0 unspecified atom stereocenters. The topological polar surface area (TPSA) is 0 Å². The molecule has 37 heavy (non-hydrogen) atoms. The van der Waals surface area contributed by atoms with Gasteiger partial charge in [0, 0.05) is 0 Å². The minimum Gasteiger partial charge on any atom is -0.145 e. The van der Waals surface area contributed by atoms with Gasteiger partial charge in [-0.25, -0.2) is 0 Å². The van der Waals surface area contributed by atoms with Gasteiger partial charge in [-0.3, -0.25) is 0 Å². The molecule has 0 aromatic heterocycles. The SMILES string of the molecule is Cc1ccc(-c2cc3cc(C)c(C)cc3[cH-]2)cc1.Cc1ccc(-c2cc3cc(C)c(C)cc3[cH-]2)cc1.[Hf+4]. The van der Waals surface area contributed by atoms with Crippen molar-refractivity contribution in [3.63, 3.8) is 0 Å². The number of hydrogen-bond acceptors (Lipinski definition) is 0. The van der Waals surface area contributed by atoms with Gasteiger partial charge in [0.2, 0.25) is 0 Å². The van der Waals surface area contributed by atoms with Gasteiger partial charge in [0.05, 0.1) is 0 Å². The molecule has 0 amide bonds. The molecule has 0 bridgehead atoms. The summed E-state index contributed by atoms with van der Waals surface area (Å²) < 4.78 is 0. The molecule has 6 rings (SSSR count). The Morgan fingerprint density at radius 3 is 1.08 bits per heavy atom. The van der Waals surface area contributed by atoms with E-state index < -0.39 is 0 Å². The van der Waals surface area contributed by atoms with Crippen LogP contribution < -0.4 is 0 Å². The molecule has 0 nitrogen and oxygen atoms in total. The molecule has 0 atom stereocenters. The summed E-state index contributed by atoms with van der Waals surface area (Å²) >= 11 is 0. The quantitative estimate of drug-likeness (QED) is 0.130. The fourth-order valence-electron chi connectivity index (χ4n) is 4.80. The maximum Gasteiger partial charge on any atom is 4.00 e. The van der Waals surface area contributed by atoms with Crippen LogP contribution in [0.4, 0.5) is 0 Å². The summed E-state index contributed by atoms with van der Waals surface area (Å²) in [7, 11) is 0. The Morgan fingerprint density at radius 2 is 0.730 bits per heavy atom. The molecule has 1 heteroatoms. The van der Waals surface area contributed by atoms with Crippen molar-refractivity contribution in [2.24, 2.45) is 0 Å².